The van der Waals surface area contributed by atoms with Crippen LogP contribution in [0, 0.1) is 5.41 Å². The third kappa shape index (κ3) is 2.16. The molecular formula is C7H12N2O4. The van der Waals surface area contributed by atoms with E-state index < -0.39 is 17.9 Å². The first-order valence-corrected chi connectivity index (χ1v) is 3.86. The van der Waals surface area contributed by atoms with Gasteiger partial charge in [-0.05, 0) is 6.92 Å². The maximum atomic E-state index is 11.3. The van der Waals surface area contributed by atoms with Crippen molar-refractivity contribution in [1.82, 2.24) is 10.9 Å². The van der Waals surface area contributed by atoms with E-state index >= 15 is 0 Å². The van der Waals surface area contributed by atoms with Crippen LogP contribution >= 0.6 is 0 Å². The lowest BCUT2D eigenvalue weighted by molar-refractivity contribution is -0.159. The molecular weight excluding hydrogens is 176 g/mol. The summed E-state index contributed by atoms with van der Waals surface area (Å²) in [5.74, 6) is -0.947. The van der Waals surface area contributed by atoms with Gasteiger partial charge >= 0.3 is 0 Å². The van der Waals surface area contributed by atoms with Crippen molar-refractivity contribution in [2.45, 2.75) is 6.92 Å². The van der Waals surface area contributed by atoms with Crippen LogP contribution in [0.4, 0.5) is 0 Å². The Kier molecular flexibility index (Phi) is 2.84. The molecule has 0 radical (unpaired) electrons. The van der Waals surface area contributed by atoms with Crippen LogP contribution in [0.3, 0.4) is 0 Å². The lowest BCUT2D eigenvalue weighted by atomic mass is 9.88. The minimum atomic E-state index is -0.645. The summed E-state index contributed by atoms with van der Waals surface area (Å²) < 4.78 is 4.87. The molecule has 0 aromatic rings. The van der Waals surface area contributed by atoms with E-state index in [1.165, 1.54) is 0 Å². The first-order valence-electron chi connectivity index (χ1n) is 3.86. The SMILES string of the molecule is CC1(C(=O)NNC(=O)CO)COC1. The molecule has 1 aliphatic rings. The van der Waals surface area contributed by atoms with Crippen LogP contribution in [0.2, 0.25) is 0 Å². The highest BCUT2D eigenvalue weighted by molar-refractivity contribution is 5.86. The van der Waals surface area contributed by atoms with Gasteiger partial charge in [0, 0.05) is 0 Å². The Bertz CT molecular complexity index is 225. The lowest BCUT2D eigenvalue weighted by Crippen LogP contribution is -2.56. The summed E-state index contributed by atoms with van der Waals surface area (Å²) in [6.07, 6.45) is 0. The van der Waals surface area contributed by atoms with Crippen molar-refractivity contribution >= 4 is 11.8 Å². The highest BCUT2D eigenvalue weighted by atomic mass is 16.5. The van der Waals surface area contributed by atoms with Crippen LogP contribution in [0.15, 0.2) is 0 Å². The monoisotopic (exact) mass is 188 g/mol. The Labute approximate surface area is 75.2 Å². The van der Waals surface area contributed by atoms with Gasteiger partial charge in [-0.15, -0.1) is 0 Å². The largest absolute Gasteiger partial charge is 0.386 e. The maximum Gasteiger partial charge on any atom is 0.264 e. The lowest BCUT2D eigenvalue weighted by Gasteiger charge is -2.35. The van der Waals surface area contributed by atoms with Crippen LogP contribution in [0.1, 0.15) is 6.92 Å². The predicted octanol–water partition coefficient (Wildman–Crippen LogP) is -1.84. The maximum absolute atomic E-state index is 11.3. The van der Waals surface area contributed by atoms with Gasteiger partial charge in [-0.2, -0.15) is 0 Å². The molecule has 2 amide bonds. The van der Waals surface area contributed by atoms with Gasteiger partial charge in [0.1, 0.15) is 6.61 Å². The van der Waals surface area contributed by atoms with E-state index in [-0.39, 0.29) is 5.91 Å². The molecule has 6 nitrogen and oxygen atoms in total. The zero-order valence-electron chi connectivity index (χ0n) is 7.29. The first kappa shape index (κ1) is 9.94. The summed E-state index contributed by atoms with van der Waals surface area (Å²) in [5.41, 5.74) is 3.71. The molecule has 1 aliphatic heterocycles. The van der Waals surface area contributed by atoms with Crippen LogP contribution < -0.4 is 10.9 Å². The number of hydrogen-bond donors (Lipinski definition) is 3. The Morgan fingerprint density at radius 1 is 1.46 bits per heavy atom. The van der Waals surface area contributed by atoms with Crippen LogP contribution in [0.25, 0.3) is 0 Å². The Morgan fingerprint density at radius 3 is 2.46 bits per heavy atom. The molecule has 0 atom stereocenters. The number of hydrogen-bond acceptors (Lipinski definition) is 4. The Balaban J connectivity index is 2.29. The zero-order valence-corrected chi connectivity index (χ0v) is 7.29. The van der Waals surface area contributed by atoms with E-state index in [9.17, 15) is 9.59 Å². The highest BCUT2D eigenvalue weighted by Gasteiger charge is 2.41. The van der Waals surface area contributed by atoms with Crippen molar-refractivity contribution < 1.29 is 19.4 Å². The summed E-state index contributed by atoms with van der Waals surface area (Å²) in [6.45, 7) is 1.80. The van der Waals surface area contributed by atoms with Crippen molar-refractivity contribution in [3.8, 4) is 0 Å². The van der Waals surface area contributed by atoms with Crippen molar-refractivity contribution in [2.24, 2.45) is 5.41 Å². The summed E-state index contributed by atoms with van der Waals surface area (Å²) in [6, 6.07) is 0. The summed E-state index contributed by atoms with van der Waals surface area (Å²) >= 11 is 0. The molecule has 0 saturated carbocycles. The fourth-order valence-electron chi connectivity index (χ4n) is 0.856. The van der Waals surface area contributed by atoms with Gasteiger partial charge < -0.3 is 9.84 Å². The molecule has 1 fully saturated rings. The molecule has 6 heteroatoms. The molecule has 0 aromatic heterocycles. The molecule has 1 heterocycles. The standard InChI is InChI=1S/C7H12N2O4/c1-7(3-13-4-7)6(12)9-8-5(11)2-10/h10H,2-4H2,1H3,(H,8,11)(H,9,12). The number of aliphatic hydroxyl groups is 1. The number of ether oxygens (including phenoxy) is 1. The predicted molar refractivity (Wildman–Crippen MR) is 42.3 cm³/mol. The minimum Gasteiger partial charge on any atom is -0.386 e. The molecule has 0 aromatic carbocycles. The summed E-state index contributed by atoms with van der Waals surface area (Å²) in [7, 11) is 0. The number of carbonyl (C=O) groups excluding carboxylic acids is 2. The average molecular weight is 188 g/mol. The molecule has 1 rings (SSSR count). The highest BCUT2D eigenvalue weighted by Crippen LogP contribution is 2.25. The number of carbonyl (C=O) groups is 2. The van der Waals surface area contributed by atoms with E-state index in [1.54, 1.807) is 6.92 Å². The van der Waals surface area contributed by atoms with Crippen LogP contribution in [-0.2, 0) is 14.3 Å². The second-order valence-corrected chi connectivity index (χ2v) is 3.21. The molecule has 0 aliphatic carbocycles. The average Bonchev–Trinajstić information content (AvgIpc) is 2.09. The van der Waals surface area contributed by atoms with Gasteiger partial charge in [0.2, 0.25) is 5.91 Å². The van der Waals surface area contributed by atoms with Gasteiger partial charge in [0.25, 0.3) is 5.91 Å². The molecule has 3 N–H and O–H groups in total. The number of rotatable bonds is 2. The van der Waals surface area contributed by atoms with Gasteiger partial charge in [-0.25, -0.2) is 0 Å². The number of aliphatic hydroxyl groups excluding tert-OH is 1. The van der Waals surface area contributed by atoms with E-state index in [0.29, 0.717) is 13.2 Å². The van der Waals surface area contributed by atoms with Gasteiger partial charge in [0.05, 0.1) is 18.6 Å². The topological polar surface area (TPSA) is 87.7 Å². The first-order chi connectivity index (χ1) is 6.08. The normalized spacial score (nSPS) is 18.6. The number of nitrogens with one attached hydrogen (secondary N) is 2. The van der Waals surface area contributed by atoms with Crippen molar-refractivity contribution in [3.63, 3.8) is 0 Å². The third-order valence-corrected chi connectivity index (χ3v) is 1.85. The van der Waals surface area contributed by atoms with Gasteiger partial charge in [-0.3, -0.25) is 20.4 Å². The third-order valence-electron chi connectivity index (χ3n) is 1.85. The van der Waals surface area contributed by atoms with E-state index in [2.05, 4.69) is 10.9 Å². The van der Waals surface area contributed by atoms with Crippen LogP contribution in [-0.4, -0.2) is 36.7 Å². The molecule has 1 saturated heterocycles. The number of amides is 2. The molecule has 0 unspecified atom stereocenters. The summed E-state index contributed by atoms with van der Waals surface area (Å²) in [4.78, 5) is 21.8. The Morgan fingerprint density at radius 2 is 2.08 bits per heavy atom. The fourth-order valence-corrected chi connectivity index (χ4v) is 0.856. The van der Waals surface area contributed by atoms with Crippen molar-refractivity contribution in [1.29, 1.82) is 0 Å². The zero-order chi connectivity index (χ0) is 9.90. The van der Waals surface area contributed by atoms with E-state index in [0.717, 1.165) is 0 Å². The van der Waals surface area contributed by atoms with Gasteiger partial charge in [0.15, 0.2) is 0 Å². The van der Waals surface area contributed by atoms with E-state index in [4.69, 9.17) is 9.84 Å². The van der Waals surface area contributed by atoms with Crippen LogP contribution in [0.5, 0.6) is 0 Å². The Hall–Kier alpha value is -1.14. The van der Waals surface area contributed by atoms with Gasteiger partial charge in [-0.1, -0.05) is 0 Å². The van der Waals surface area contributed by atoms with Crippen molar-refractivity contribution in [3.05, 3.63) is 0 Å². The molecule has 13 heavy (non-hydrogen) atoms. The number of hydrazine groups is 1. The smallest absolute Gasteiger partial charge is 0.264 e. The second kappa shape index (κ2) is 3.71. The van der Waals surface area contributed by atoms with Crippen molar-refractivity contribution in [2.75, 3.05) is 19.8 Å². The second-order valence-electron chi connectivity index (χ2n) is 3.21. The molecule has 74 valence electrons. The molecule has 0 spiro atoms. The molecule has 0 bridgehead atoms. The summed E-state index contributed by atoms with van der Waals surface area (Å²) in [5, 5.41) is 8.33. The minimum absolute atomic E-state index is 0.305. The van der Waals surface area contributed by atoms with E-state index in [1.807, 2.05) is 0 Å². The fraction of sp³-hybridized carbons (Fsp3) is 0.714. The quantitative estimate of drug-likeness (QED) is 0.444.